The average Bonchev–Trinajstić information content (AvgIpc) is 2.57. The highest BCUT2D eigenvalue weighted by Crippen LogP contribution is 2.26. The summed E-state index contributed by atoms with van der Waals surface area (Å²) < 4.78 is 42.1. The van der Waals surface area contributed by atoms with Gasteiger partial charge in [0, 0.05) is 32.1 Å². The van der Waals surface area contributed by atoms with Gasteiger partial charge in [-0.05, 0) is 36.4 Å². The molecule has 0 saturated carbocycles. The first-order chi connectivity index (χ1) is 11.4. The van der Waals surface area contributed by atoms with Gasteiger partial charge in [-0.2, -0.15) is 0 Å². The lowest BCUT2D eigenvalue weighted by Gasteiger charge is -2.33. The van der Waals surface area contributed by atoms with E-state index in [0.717, 1.165) is 0 Å². The molecule has 8 heteroatoms. The summed E-state index contributed by atoms with van der Waals surface area (Å²) in [6.07, 6.45) is 2.95. The van der Waals surface area contributed by atoms with Crippen LogP contribution in [0.4, 0.5) is 10.2 Å². The zero-order valence-corrected chi connectivity index (χ0v) is 13.7. The van der Waals surface area contributed by atoms with Crippen molar-refractivity contribution in [1.82, 2.24) is 4.98 Å². The monoisotopic (exact) mass is 351 g/mol. The predicted molar refractivity (Wildman–Crippen MR) is 87.9 cm³/mol. The number of anilines is 1. The topological polar surface area (TPSA) is 85.5 Å². The van der Waals surface area contributed by atoms with Gasteiger partial charge in [0.1, 0.15) is 28.4 Å². The molecule has 1 aliphatic heterocycles. The first-order valence-corrected chi connectivity index (χ1v) is 9.13. The van der Waals surface area contributed by atoms with Crippen LogP contribution in [0.3, 0.4) is 0 Å². The van der Waals surface area contributed by atoms with E-state index in [2.05, 4.69) is 4.98 Å². The summed E-state index contributed by atoms with van der Waals surface area (Å²) in [6, 6.07) is 8.92. The van der Waals surface area contributed by atoms with Crippen LogP contribution in [-0.4, -0.2) is 32.6 Å². The number of rotatable bonds is 4. The van der Waals surface area contributed by atoms with Crippen molar-refractivity contribution in [2.45, 2.75) is 23.8 Å². The Morgan fingerprint density at radius 2 is 1.83 bits per heavy atom. The van der Waals surface area contributed by atoms with Crippen molar-refractivity contribution in [2.24, 2.45) is 5.14 Å². The normalized spacial score (nSPS) is 16.2. The summed E-state index contributed by atoms with van der Waals surface area (Å²) in [7, 11) is -3.82. The quantitative estimate of drug-likeness (QED) is 0.909. The van der Waals surface area contributed by atoms with Crippen LogP contribution in [0.1, 0.15) is 12.8 Å². The van der Waals surface area contributed by atoms with E-state index in [1.54, 1.807) is 24.4 Å². The summed E-state index contributed by atoms with van der Waals surface area (Å²) in [5.41, 5.74) is 0. The Labute approximate surface area is 140 Å². The number of nitrogens with zero attached hydrogens (tertiary/aromatic N) is 2. The number of aromatic nitrogens is 1. The number of halogens is 1. The van der Waals surface area contributed by atoms with Gasteiger partial charge in [-0.25, -0.2) is 22.9 Å². The highest BCUT2D eigenvalue weighted by atomic mass is 32.2. The number of benzene rings is 1. The van der Waals surface area contributed by atoms with Crippen LogP contribution in [0, 0.1) is 5.82 Å². The van der Waals surface area contributed by atoms with E-state index in [4.69, 9.17) is 9.88 Å². The third-order valence-electron chi connectivity index (χ3n) is 3.92. The Morgan fingerprint density at radius 1 is 1.17 bits per heavy atom. The van der Waals surface area contributed by atoms with Gasteiger partial charge in [-0.15, -0.1) is 0 Å². The van der Waals surface area contributed by atoms with E-state index in [-0.39, 0.29) is 16.8 Å². The van der Waals surface area contributed by atoms with Crippen molar-refractivity contribution < 1.29 is 17.5 Å². The molecule has 1 aromatic carbocycles. The van der Waals surface area contributed by atoms with Gasteiger partial charge in [0.15, 0.2) is 0 Å². The number of piperidine rings is 1. The molecule has 0 atom stereocenters. The summed E-state index contributed by atoms with van der Waals surface area (Å²) >= 11 is 0. The van der Waals surface area contributed by atoms with Crippen molar-refractivity contribution >= 4 is 15.8 Å². The van der Waals surface area contributed by atoms with Gasteiger partial charge in [0.05, 0.1) is 0 Å². The maximum Gasteiger partial charge on any atom is 0.241 e. The first-order valence-electron chi connectivity index (χ1n) is 7.58. The molecule has 2 N–H and O–H groups in total. The van der Waals surface area contributed by atoms with Crippen LogP contribution in [0.2, 0.25) is 0 Å². The molecule has 0 radical (unpaired) electrons. The van der Waals surface area contributed by atoms with Crippen LogP contribution in [0.25, 0.3) is 0 Å². The highest BCUT2D eigenvalue weighted by Gasteiger charge is 2.25. The third-order valence-corrected chi connectivity index (χ3v) is 4.85. The largest absolute Gasteiger partial charge is 0.490 e. The molecule has 6 nitrogen and oxygen atoms in total. The average molecular weight is 351 g/mol. The first kappa shape index (κ1) is 16.7. The van der Waals surface area contributed by atoms with E-state index in [9.17, 15) is 12.8 Å². The predicted octanol–water partition coefficient (Wildman–Crippen LogP) is 1.92. The van der Waals surface area contributed by atoms with Crippen LogP contribution >= 0.6 is 0 Å². The van der Waals surface area contributed by atoms with E-state index >= 15 is 0 Å². The second kappa shape index (κ2) is 6.74. The number of hydrogen-bond donors (Lipinski definition) is 1. The molecule has 24 heavy (non-hydrogen) atoms. The number of hydrogen-bond acceptors (Lipinski definition) is 5. The van der Waals surface area contributed by atoms with Crippen LogP contribution < -0.4 is 14.8 Å². The lowest BCUT2D eigenvalue weighted by atomic mass is 10.1. The maximum atomic E-state index is 12.9. The second-order valence-corrected chi connectivity index (χ2v) is 7.16. The Hall–Kier alpha value is -2.19. The van der Waals surface area contributed by atoms with E-state index in [1.165, 1.54) is 18.2 Å². The van der Waals surface area contributed by atoms with E-state index in [0.29, 0.717) is 37.5 Å². The van der Waals surface area contributed by atoms with Crippen molar-refractivity contribution in [1.29, 1.82) is 0 Å². The maximum absolute atomic E-state index is 12.9. The number of nitrogens with two attached hydrogens (primary N) is 1. The molecule has 1 fully saturated rings. The molecule has 0 aliphatic carbocycles. The van der Waals surface area contributed by atoms with Crippen molar-refractivity contribution in [2.75, 3.05) is 18.0 Å². The fraction of sp³-hybridized carbons (Fsp3) is 0.312. The van der Waals surface area contributed by atoms with E-state index < -0.39 is 10.0 Å². The Bertz CT molecular complexity index is 804. The number of pyridine rings is 1. The zero-order valence-electron chi connectivity index (χ0n) is 12.9. The molecule has 0 unspecified atom stereocenters. The van der Waals surface area contributed by atoms with Gasteiger partial charge >= 0.3 is 0 Å². The molecule has 0 spiro atoms. The van der Waals surface area contributed by atoms with Crippen LogP contribution in [0.15, 0.2) is 47.5 Å². The number of sulfonamides is 1. The fourth-order valence-electron chi connectivity index (χ4n) is 2.73. The standard InChI is InChI=1S/C16H18FN3O3S/c17-12-3-5-13(6-4-12)23-14-7-10-20(11-8-14)16-15(24(18,21)22)2-1-9-19-16/h1-6,9,14H,7-8,10-11H2,(H2,18,21,22). The molecule has 128 valence electrons. The minimum absolute atomic E-state index is 0.00615. The van der Waals surface area contributed by atoms with Crippen LogP contribution in [0.5, 0.6) is 5.75 Å². The molecular formula is C16H18FN3O3S. The Balaban J connectivity index is 1.66. The molecular weight excluding hydrogens is 333 g/mol. The van der Waals surface area contributed by atoms with Gasteiger partial charge in [-0.3, -0.25) is 0 Å². The molecule has 2 heterocycles. The van der Waals surface area contributed by atoms with Gasteiger partial charge in [-0.1, -0.05) is 0 Å². The summed E-state index contributed by atoms with van der Waals surface area (Å²) in [5, 5.41) is 5.26. The van der Waals surface area contributed by atoms with Gasteiger partial charge in [0.25, 0.3) is 0 Å². The fourth-order valence-corrected chi connectivity index (χ4v) is 3.44. The third kappa shape index (κ3) is 3.82. The van der Waals surface area contributed by atoms with Crippen molar-refractivity contribution in [3.8, 4) is 5.75 Å². The smallest absolute Gasteiger partial charge is 0.241 e. The molecule has 1 aliphatic rings. The molecule has 1 saturated heterocycles. The number of primary sulfonamides is 1. The molecule has 2 aromatic rings. The van der Waals surface area contributed by atoms with Crippen molar-refractivity contribution in [3.05, 3.63) is 48.4 Å². The van der Waals surface area contributed by atoms with E-state index in [1.807, 2.05) is 4.90 Å². The van der Waals surface area contributed by atoms with Gasteiger partial charge < -0.3 is 9.64 Å². The second-order valence-electron chi connectivity index (χ2n) is 5.63. The Kier molecular flexibility index (Phi) is 4.68. The lowest BCUT2D eigenvalue weighted by Crippen LogP contribution is -2.39. The number of ether oxygens (including phenoxy) is 1. The minimum Gasteiger partial charge on any atom is -0.490 e. The molecule has 0 amide bonds. The lowest BCUT2D eigenvalue weighted by molar-refractivity contribution is 0.170. The minimum atomic E-state index is -3.82. The molecule has 3 rings (SSSR count). The summed E-state index contributed by atoms with van der Waals surface area (Å²) in [5.74, 6) is 0.695. The molecule has 0 bridgehead atoms. The molecule has 1 aromatic heterocycles. The summed E-state index contributed by atoms with van der Waals surface area (Å²) in [6.45, 7) is 1.21. The van der Waals surface area contributed by atoms with Crippen molar-refractivity contribution in [3.63, 3.8) is 0 Å². The Morgan fingerprint density at radius 3 is 2.46 bits per heavy atom. The van der Waals surface area contributed by atoms with Crippen LogP contribution in [-0.2, 0) is 10.0 Å². The highest BCUT2D eigenvalue weighted by molar-refractivity contribution is 7.89. The zero-order chi connectivity index (χ0) is 17.2. The summed E-state index contributed by atoms with van der Waals surface area (Å²) in [4.78, 5) is 6.10. The van der Waals surface area contributed by atoms with Gasteiger partial charge in [0.2, 0.25) is 10.0 Å². The SMILES string of the molecule is NS(=O)(=O)c1cccnc1N1CCC(Oc2ccc(F)cc2)CC1.